The van der Waals surface area contributed by atoms with E-state index in [1.807, 2.05) is 6.07 Å². The van der Waals surface area contributed by atoms with Gasteiger partial charge in [0.05, 0.1) is 6.61 Å². The molecule has 1 aliphatic rings. The summed E-state index contributed by atoms with van der Waals surface area (Å²) >= 11 is 5.99. The molecular weight excluding hydrogens is 250 g/mol. The summed E-state index contributed by atoms with van der Waals surface area (Å²) in [4.78, 5) is 13.2. The van der Waals surface area contributed by atoms with Crippen LogP contribution >= 0.6 is 11.6 Å². The van der Waals surface area contributed by atoms with Gasteiger partial charge in [0, 0.05) is 36.5 Å². The number of carbonyl (C=O) groups excluding carboxylic acids is 1. The van der Waals surface area contributed by atoms with Gasteiger partial charge >= 0.3 is 0 Å². The minimum absolute atomic E-state index is 0.655. The molecule has 1 aromatic rings. The van der Waals surface area contributed by atoms with E-state index < -0.39 is 0 Å². The first-order valence-corrected chi connectivity index (χ1v) is 6.29. The molecule has 1 aliphatic heterocycles. The Morgan fingerprint density at radius 1 is 1.50 bits per heavy atom. The standard InChI is InChI=1S/C14H16ClNO2/c1-18-10-11-4-6-16(7-5-11)14-8-13(15)3-2-12(14)9-17/h2-4,8-9H,5-7,10H2,1H3. The van der Waals surface area contributed by atoms with Crippen LogP contribution in [-0.2, 0) is 4.74 Å². The monoisotopic (exact) mass is 265 g/mol. The van der Waals surface area contributed by atoms with E-state index in [2.05, 4.69) is 11.0 Å². The van der Waals surface area contributed by atoms with E-state index in [0.717, 1.165) is 31.5 Å². The third-order valence-corrected chi connectivity index (χ3v) is 3.33. The SMILES string of the molecule is COCC1=CCN(c2cc(Cl)ccc2C=O)CC1. The average molecular weight is 266 g/mol. The summed E-state index contributed by atoms with van der Waals surface area (Å²) in [5.41, 5.74) is 2.90. The maximum Gasteiger partial charge on any atom is 0.152 e. The molecule has 3 nitrogen and oxygen atoms in total. The molecule has 1 aromatic carbocycles. The van der Waals surface area contributed by atoms with E-state index in [4.69, 9.17) is 16.3 Å². The highest BCUT2D eigenvalue weighted by atomic mass is 35.5. The van der Waals surface area contributed by atoms with E-state index in [9.17, 15) is 4.79 Å². The van der Waals surface area contributed by atoms with Crippen molar-refractivity contribution >= 4 is 23.6 Å². The highest BCUT2D eigenvalue weighted by Gasteiger charge is 2.15. The smallest absolute Gasteiger partial charge is 0.152 e. The number of hydrogen-bond donors (Lipinski definition) is 0. The zero-order chi connectivity index (χ0) is 13.0. The fraction of sp³-hybridized carbons (Fsp3) is 0.357. The Morgan fingerprint density at radius 3 is 2.94 bits per heavy atom. The Hall–Kier alpha value is -1.32. The Labute approximate surface area is 112 Å². The minimum atomic E-state index is 0.655. The summed E-state index contributed by atoms with van der Waals surface area (Å²) < 4.78 is 5.12. The van der Waals surface area contributed by atoms with E-state index >= 15 is 0 Å². The van der Waals surface area contributed by atoms with Gasteiger partial charge in [-0.3, -0.25) is 4.79 Å². The Balaban J connectivity index is 2.18. The number of hydrogen-bond acceptors (Lipinski definition) is 3. The van der Waals surface area contributed by atoms with Gasteiger partial charge in [0.1, 0.15) is 0 Å². The fourth-order valence-electron chi connectivity index (χ4n) is 2.14. The zero-order valence-corrected chi connectivity index (χ0v) is 11.1. The summed E-state index contributed by atoms with van der Waals surface area (Å²) in [6.07, 6.45) is 3.99. The van der Waals surface area contributed by atoms with Gasteiger partial charge in [-0.1, -0.05) is 17.7 Å². The van der Waals surface area contributed by atoms with Crippen molar-refractivity contribution < 1.29 is 9.53 Å². The van der Waals surface area contributed by atoms with Gasteiger partial charge in [0.2, 0.25) is 0 Å². The Morgan fingerprint density at radius 2 is 2.33 bits per heavy atom. The topological polar surface area (TPSA) is 29.5 Å². The number of carbonyl (C=O) groups is 1. The first kappa shape index (κ1) is 13.1. The van der Waals surface area contributed by atoms with Crippen LogP contribution in [0.4, 0.5) is 5.69 Å². The molecule has 4 heteroatoms. The van der Waals surface area contributed by atoms with E-state index in [0.29, 0.717) is 17.2 Å². The van der Waals surface area contributed by atoms with Gasteiger partial charge in [-0.15, -0.1) is 0 Å². The van der Waals surface area contributed by atoms with Crippen molar-refractivity contribution in [3.63, 3.8) is 0 Å². The van der Waals surface area contributed by atoms with Crippen molar-refractivity contribution in [1.82, 2.24) is 0 Å². The molecule has 0 atom stereocenters. The number of anilines is 1. The van der Waals surface area contributed by atoms with Crippen LogP contribution in [0.2, 0.25) is 5.02 Å². The van der Waals surface area contributed by atoms with Gasteiger partial charge in [-0.05, 0) is 30.2 Å². The maximum absolute atomic E-state index is 11.0. The van der Waals surface area contributed by atoms with E-state index in [1.54, 1.807) is 19.2 Å². The highest BCUT2D eigenvalue weighted by Crippen LogP contribution is 2.26. The molecule has 0 amide bonds. The summed E-state index contributed by atoms with van der Waals surface area (Å²) in [7, 11) is 1.70. The molecule has 0 N–H and O–H groups in total. The van der Waals surface area contributed by atoms with E-state index in [1.165, 1.54) is 5.57 Å². The first-order valence-electron chi connectivity index (χ1n) is 5.91. The molecular formula is C14H16ClNO2. The second kappa shape index (κ2) is 6.03. The minimum Gasteiger partial charge on any atom is -0.380 e. The van der Waals surface area contributed by atoms with Crippen LogP contribution in [0.1, 0.15) is 16.8 Å². The van der Waals surface area contributed by atoms with Gasteiger partial charge < -0.3 is 9.64 Å². The van der Waals surface area contributed by atoms with Crippen molar-refractivity contribution in [2.24, 2.45) is 0 Å². The van der Waals surface area contributed by atoms with Crippen molar-refractivity contribution in [1.29, 1.82) is 0 Å². The Bertz CT molecular complexity index is 471. The molecule has 0 fully saturated rings. The predicted octanol–water partition coefficient (Wildman–Crippen LogP) is 2.94. The zero-order valence-electron chi connectivity index (χ0n) is 10.4. The largest absolute Gasteiger partial charge is 0.380 e. The molecule has 0 saturated heterocycles. The summed E-state index contributed by atoms with van der Waals surface area (Å²) in [5, 5.41) is 0.655. The number of nitrogens with zero attached hydrogens (tertiary/aromatic N) is 1. The van der Waals surface area contributed by atoms with Crippen LogP contribution in [0, 0.1) is 0 Å². The van der Waals surface area contributed by atoms with Gasteiger partial charge in [0.25, 0.3) is 0 Å². The lowest BCUT2D eigenvalue weighted by atomic mass is 10.1. The number of aldehydes is 1. The lowest BCUT2D eigenvalue weighted by Crippen LogP contribution is -2.30. The third kappa shape index (κ3) is 2.92. The molecule has 0 unspecified atom stereocenters. The predicted molar refractivity (Wildman–Crippen MR) is 73.6 cm³/mol. The number of halogens is 1. The molecule has 0 aliphatic carbocycles. The normalized spacial score (nSPS) is 15.4. The number of rotatable bonds is 4. The van der Waals surface area contributed by atoms with Crippen LogP contribution < -0.4 is 4.90 Å². The van der Waals surface area contributed by atoms with Crippen LogP contribution in [0.15, 0.2) is 29.8 Å². The van der Waals surface area contributed by atoms with Crippen LogP contribution in [0.5, 0.6) is 0 Å². The van der Waals surface area contributed by atoms with Crippen LogP contribution in [0.3, 0.4) is 0 Å². The van der Waals surface area contributed by atoms with Crippen LogP contribution in [-0.4, -0.2) is 33.1 Å². The summed E-state index contributed by atoms with van der Waals surface area (Å²) in [5.74, 6) is 0. The van der Waals surface area contributed by atoms with Crippen molar-refractivity contribution in [2.45, 2.75) is 6.42 Å². The molecule has 2 rings (SSSR count). The van der Waals surface area contributed by atoms with Gasteiger partial charge in [0.15, 0.2) is 6.29 Å². The Kier molecular flexibility index (Phi) is 4.39. The fourth-order valence-corrected chi connectivity index (χ4v) is 2.30. The summed E-state index contributed by atoms with van der Waals surface area (Å²) in [6, 6.07) is 5.35. The second-order valence-corrected chi connectivity index (χ2v) is 4.75. The molecule has 0 saturated carbocycles. The average Bonchev–Trinajstić information content (AvgIpc) is 2.40. The van der Waals surface area contributed by atoms with Crippen molar-refractivity contribution in [2.75, 3.05) is 31.7 Å². The molecule has 0 radical (unpaired) electrons. The number of benzene rings is 1. The molecule has 18 heavy (non-hydrogen) atoms. The van der Waals surface area contributed by atoms with Gasteiger partial charge in [-0.25, -0.2) is 0 Å². The molecule has 0 spiro atoms. The van der Waals surface area contributed by atoms with E-state index in [-0.39, 0.29) is 0 Å². The molecule has 96 valence electrons. The third-order valence-electron chi connectivity index (χ3n) is 3.09. The lowest BCUT2D eigenvalue weighted by molar-refractivity contribution is 0.112. The number of ether oxygens (including phenoxy) is 1. The molecule has 0 bridgehead atoms. The van der Waals surface area contributed by atoms with Gasteiger partial charge in [-0.2, -0.15) is 0 Å². The highest BCUT2D eigenvalue weighted by molar-refractivity contribution is 6.31. The quantitative estimate of drug-likeness (QED) is 0.619. The first-order chi connectivity index (χ1) is 8.74. The lowest BCUT2D eigenvalue weighted by Gasteiger charge is -2.29. The second-order valence-electron chi connectivity index (χ2n) is 4.31. The van der Waals surface area contributed by atoms with Crippen molar-refractivity contribution in [3.05, 3.63) is 40.4 Å². The van der Waals surface area contributed by atoms with Crippen LogP contribution in [0.25, 0.3) is 0 Å². The summed E-state index contributed by atoms with van der Waals surface area (Å²) in [6.45, 7) is 2.36. The number of methoxy groups -OCH3 is 1. The molecule has 0 aromatic heterocycles. The molecule has 1 heterocycles. The van der Waals surface area contributed by atoms with Crippen molar-refractivity contribution in [3.8, 4) is 0 Å². The maximum atomic E-state index is 11.0.